The van der Waals surface area contributed by atoms with E-state index in [2.05, 4.69) is 25.6 Å². The van der Waals surface area contributed by atoms with E-state index in [1.54, 1.807) is 17.0 Å². The fraction of sp³-hybridized carbons (Fsp3) is 0.320. The smallest absolute Gasteiger partial charge is 0.330 e. The molecule has 0 saturated carbocycles. The summed E-state index contributed by atoms with van der Waals surface area (Å²) in [7, 11) is 1.30. The van der Waals surface area contributed by atoms with E-state index in [9.17, 15) is 9.59 Å². The fourth-order valence-electron chi connectivity index (χ4n) is 4.21. The van der Waals surface area contributed by atoms with Crippen molar-refractivity contribution in [2.24, 2.45) is 0 Å². The van der Waals surface area contributed by atoms with Crippen molar-refractivity contribution in [3.8, 4) is 0 Å². The Balaban J connectivity index is 1.43. The molecule has 2 N–H and O–H groups in total. The number of benzene rings is 1. The number of methoxy groups -OCH3 is 1. The van der Waals surface area contributed by atoms with Gasteiger partial charge in [-0.3, -0.25) is 9.88 Å². The van der Waals surface area contributed by atoms with Crippen LogP contribution in [0.4, 0.5) is 10.6 Å². The number of imidazole rings is 1. The van der Waals surface area contributed by atoms with Crippen LogP contribution >= 0.6 is 0 Å². The van der Waals surface area contributed by atoms with Crippen LogP contribution < -0.4 is 10.6 Å². The number of aromatic nitrogens is 4. The first-order valence-electron chi connectivity index (χ1n) is 11.8. The summed E-state index contributed by atoms with van der Waals surface area (Å²) in [6, 6.07) is 9.39. The summed E-state index contributed by atoms with van der Waals surface area (Å²) in [5.74, 6) is -0.247. The van der Waals surface area contributed by atoms with Gasteiger partial charge in [-0.05, 0) is 24.6 Å². The van der Waals surface area contributed by atoms with Gasteiger partial charge in [0.2, 0.25) is 0 Å². The highest BCUT2D eigenvalue weighted by Gasteiger charge is 2.52. The molecule has 12 nitrogen and oxygen atoms in total. The second-order valence-corrected chi connectivity index (χ2v) is 8.24. The lowest BCUT2D eigenvalue weighted by molar-refractivity contribution is -0.135. The third-order valence-electron chi connectivity index (χ3n) is 5.88. The number of amides is 2. The van der Waals surface area contributed by atoms with Crippen LogP contribution in [0.2, 0.25) is 0 Å². The molecule has 0 aliphatic carbocycles. The number of urea groups is 1. The lowest BCUT2D eigenvalue weighted by atomic mass is 10.1. The third-order valence-corrected chi connectivity index (χ3v) is 5.88. The van der Waals surface area contributed by atoms with Gasteiger partial charge in [-0.25, -0.2) is 24.5 Å². The summed E-state index contributed by atoms with van der Waals surface area (Å²) >= 11 is 0. The molecule has 12 heteroatoms. The van der Waals surface area contributed by atoms with Crippen LogP contribution in [0.3, 0.4) is 0 Å². The molecule has 192 valence electrons. The van der Waals surface area contributed by atoms with Crippen molar-refractivity contribution < 1.29 is 28.5 Å². The predicted molar refractivity (Wildman–Crippen MR) is 132 cm³/mol. The van der Waals surface area contributed by atoms with Gasteiger partial charge in [-0.1, -0.05) is 36.4 Å². The van der Waals surface area contributed by atoms with E-state index in [0.717, 1.165) is 5.56 Å². The lowest BCUT2D eigenvalue weighted by Crippen LogP contribution is -2.29. The highest BCUT2D eigenvalue weighted by atomic mass is 16.8. The van der Waals surface area contributed by atoms with E-state index < -0.39 is 42.8 Å². The maximum atomic E-state index is 12.0. The van der Waals surface area contributed by atoms with E-state index in [4.69, 9.17) is 18.9 Å². The van der Waals surface area contributed by atoms with E-state index in [1.165, 1.54) is 19.5 Å². The maximum absolute atomic E-state index is 12.0. The molecule has 0 bridgehead atoms. The quantitative estimate of drug-likeness (QED) is 0.365. The normalized spacial score (nSPS) is 25.1. The average Bonchev–Trinajstić information content (AvgIpc) is 3.61. The highest BCUT2D eigenvalue weighted by molar-refractivity contribution is 5.95. The van der Waals surface area contributed by atoms with Crippen molar-refractivity contribution in [1.29, 1.82) is 0 Å². The molecule has 5 atom stereocenters. The van der Waals surface area contributed by atoms with Crippen molar-refractivity contribution >= 4 is 35.1 Å². The first-order valence-corrected chi connectivity index (χ1v) is 11.8. The molecule has 0 radical (unpaired) electrons. The minimum absolute atomic E-state index is 0.263. The Bertz CT molecular complexity index is 1330. The van der Waals surface area contributed by atoms with Crippen LogP contribution in [0.1, 0.15) is 18.7 Å². The van der Waals surface area contributed by atoms with Crippen LogP contribution in [0.15, 0.2) is 61.2 Å². The molecule has 3 aromatic rings. The average molecular weight is 507 g/mol. The Morgan fingerprint density at radius 3 is 2.68 bits per heavy atom. The number of fused-ring (bicyclic) bond motifs is 2. The van der Waals surface area contributed by atoms with E-state index in [1.807, 2.05) is 49.4 Å². The molecule has 4 heterocycles. The molecule has 37 heavy (non-hydrogen) atoms. The maximum Gasteiger partial charge on any atom is 0.330 e. The Kier molecular flexibility index (Phi) is 7.21. The highest BCUT2D eigenvalue weighted by Crippen LogP contribution is 2.41. The number of hydrogen-bond acceptors (Lipinski definition) is 9. The number of rotatable bonds is 7. The number of carbonyl (C=O) groups excluding carboxylic acids is 2. The summed E-state index contributed by atoms with van der Waals surface area (Å²) < 4.78 is 25.0. The van der Waals surface area contributed by atoms with Gasteiger partial charge in [0, 0.05) is 12.6 Å². The molecule has 2 aliphatic heterocycles. The number of nitrogens with one attached hydrogen (secondary N) is 2. The second kappa shape index (κ2) is 10.9. The molecular formula is C25H26N6O6. The summed E-state index contributed by atoms with van der Waals surface area (Å²) in [5, 5.41) is 5.33. The van der Waals surface area contributed by atoms with E-state index >= 15 is 0 Å². The van der Waals surface area contributed by atoms with Crippen molar-refractivity contribution in [2.75, 3.05) is 19.0 Å². The van der Waals surface area contributed by atoms with E-state index in [0.29, 0.717) is 17.7 Å². The Morgan fingerprint density at radius 2 is 1.89 bits per heavy atom. The van der Waals surface area contributed by atoms with Gasteiger partial charge in [0.15, 0.2) is 29.5 Å². The topological polar surface area (TPSA) is 139 Å². The number of ether oxygens (including phenoxy) is 4. The first-order chi connectivity index (χ1) is 18.1. The van der Waals surface area contributed by atoms with Gasteiger partial charge in [-0.2, -0.15) is 0 Å². The van der Waals surface area contributed by atoms with Crippen LogP contribution in [0.5, 0.6) is 0 Å². The third kappa shape index (κ3) is 5.21. The van der Waals surface area contributed by atoms with Gasteiger partial charge in [0.1, 0.15) is 24.6 Å². The molecule has 2 aliphatic rings. The number of nitrogens with zero attached hydrogens (tertiary/aromatic N) is 4. The minimum Gasteiger partial charge on any atom is -0.466 e. The van der Waals surface area contributed by atoms with E-state index in [-0.39, 0.29) is 5.82 Å². The summed E-state index contributed by atoms with van der Waals surface area (Å²) in [6.07, 6.45) is 6.56. The summed E-state index contributed by atoms with van der Waals surface area (Å²) in [4.78, 5) is 36.7. The van der Waals surface area contributed by atoms with Gasteiger partial charge >= 0.3 is 12.0 Å². The second-order valence-electron chi connectivity index (χ2n) is 8.24. The summed E-state index contributed by atoms with van der Waals surface area (Å²) in [6.45, 7) is 2.28. The largest absolute Gasteiger partial charge is 0.466 e. The van der Waals surface area contributed by atoms with Gasteiger partial charge < -0.3 is 24.3 Å². The molecule has 0 spiro atoms. The molecular weight excluding hydrogens is 480 g/mol. The SMILES string of the molecule is CCNC(=O)Nc1ncnc2c1ncn2C1OC(/C=C/C(=O)OC)C2OC(C=Cc3ccccc3)OC21. The Hall–Kier alpha value is -4.13. The van der Waals surface area contributed by atoms with Crippen molar-refractivity contribution in [2.45, 2.75) is 37.8 Å². The lowest BCUT2D eigenvalue weighted by Gasteiger charge is -2.19. The molecule has 2 aromatic heterocycles. The zero-order valence-electron chi connectivity index (χ0n) is 20.2. The standard InChI is InChI=1S/C25H26N6O6/c1-3-26-25(33)30-22-19-23(28-13-27-22)31(14-29-19)24-21-20(16(35-24)10-11-17(32)34-2)36-18(37-21)12-9-15-7-5-4-6-8-15/h4-14,16,18,20-21,24H,3H2,1-2H3,(H2,26,27,28,30,33)/b11-10+,12-9?. The number of anilines is 1. The Labute approximate surface area is 212 Å². The number of carbonyl (C=O) groups is 2. The molecule has 5 unspecified atom stereocenters. The van der Waals surface area contributed by atoms with Gasteiger partial charge in [0.05, 0.1) is 13.4 Å². The fourth-order valence-corrected chi connectivity index (χ4v) is 4.21. The monoisotopic (exact) mass is 506 g/mol. The van der Waals surface area contributed by atoms with Crippen LogP contribution in [-0.2, 0) is 23.7 Å². The molecule has 2 amide bonds. The van der Waals surface area contributed by atoms with Crippen LogP contribution in [0, 0.1) is 0 Å². The minimum atomic E-state index is -0.676. The van der Waals surface area contributed by atoms with Crippen molar-refractivity contribution in [3.63, 3.8) is 0 Å². The number of hydrogen-bond donors (Lipinski definition) is 2. The molecule has 2 fully saturated rings. The zero-order valence-corrected chi connectivity index (χ0v) is 20.2. The molecule has 1 aromatic carbocycles. The summed E-state index contributed by atoms with van der Waals surface area (Å²) in [5.41, 5.74) is 1.84. The van der Waals surface area contributed by atoms with Gasteiger partial charge in [0.25, 0.3) is 0 Å². The molecule has 2 saturated heterocycles. The van der Waals surface area contributed by atoms with Crippen LogP contribution in [-0.4, -0.2) is 69.8 Å². The zero-order chi connectivity index (χ0) is 25.8. The van der Waals surface area contributed by atoms with Crippen molar-refractivity contribution in [1.82, 2.24) is 24.8 Å². The molecule has 5 rings (SSSR count). The Morgan fingerprint density at radius 1 is 1.08 bits per heavy atom. The number of esters is 1. The van der Waals surface area contributed by atoms with Crippen molar-refractivity contribution in [3.05, 3.63) is 66.8 Å². The van der Waals surface area contributed by atoms with Gasteiger partial charge in [-0.15, -0.1) is 0 Å². The van der Waals surface area contributed by atoms with Crippen LogP contribution in [0.25, 0.3) is 17.2 Å². The first kappa shape index (κ1) is 24.6. The predicted octanol–water partition coefficient (Wildman–Crippen LogP) is 2.42.